The number of fused-ring (bicyclic) bond motifs is 2. The maximum absolute atomic E-state index is 13.3. The van der Waals surface area contributed by atoms with E-state index in [0.29, 0.717) is 29.1 Å². The van der Waals surface area contributed by atoms with E-state index in [1.54, 1.807) is 36.4 Å². The van der Waals surface area contributed by atoms with Gasteiger partial charge in [-0.3, -0.25) is 24.2 Å². The van der Waals surface area contributed by atoms with Gasteiger partial charge in [0, 0.05) is 18.7 Å². The minimum atomic E-state index is -0.812. The topological polar surface area (TPSA) is 106 Å². The molecule has 2 aliphatic heterocycles. The van der Waals surface area contributed by atoms with Gasteiger partial charge in [-0.15, -0.1) is 0 Å². The summed E-state index contributed by atoms with van der Waals surface area (Å²) in [5.74, 6) is 0.151. The molecule has 160 valence electrons. The number of hydrogen-bond acceptors (Lipinski definition) is 6. The summed E-state index contributed by atoms with van der Waals surface area (Å²) in [4.78, 5) is 45.6. The molecule has 2 aromatic carbocycles. The van der Waals surface area contributed by atoms with Crippen LogP contribution in [0.3, 0.4) is 0 Å². The van der Waals surface area contributed by atoms with Gasteiger partial charge in [0.05, 0.1) is 11.1 Å². The first-order chi connectivity index (χ1) is 15.5. The number of imide groups is 1. The molecule has 2 aliphatic rings. The predicted octanol–water partition coefficient (Wildman–Crippen LogP) is 2.82. The molecule has 1 atom stereocenters. The highest BCUT2D eigenvalue weighted by Gasteiger charge is 2.38. The van der Waals surface area contributed by atoms with Gasteiger partial charge in [0.25, 0.3) is 17.7 Å². The van der Waals surface area contributed by atoms with Crippen molar-refractivity contribution in [1.29, 1.82) is 0 Å². The van der Waals surface area contributed by atoms with Crippen molar-refractivity contribution >= 4 is 29.4 Å². The van der Waals surface area contributed by atoms with Crippen molar-refractivity contribution < 1.29 is 19.1 Å². The van der Waals surface area contributed by atoms with E-state index in [9.17, 15) is 14.4 Å². The van der Waals surface area contributed by atoms with Gasteiger partial charge in [0.1, 0.15) is 5.82 Å². The molecule has 0 saturated carbocycles. The fourth-order valence-electron chi connectivity index (χ4n) is 4.04. The van der Waals surface area contributed by atoms with Crippen LogP contribution in [0.25, 0.3) is 0 Å². The number of aromatic nitrogens is 1. The molecule has 32 heavy (non-hydrogen) atoms. The van der Waals surface area contributed by atoms with Crippen LogP contribution < -0.4 is 15.4 Å². The summed E-state index contributed by atoms with van der Waals surface area (Å²) in [7, 11) is 0. The predicted molar refractivity (Wildman–Crippen MR) is 117 cm³/mol. The first kappa shape index (κ1) is 19.7. The SMILES string of the molecule is Nc1ccc2c(n1)N(CCCN1C(=O)c3ccccc3C1=O)C(=O)C(c1ccccc1)O2. The third kappa shape index (κ3) is 3.26. The summed E-state index contributed by atoms with van der Waals surface area (Å²) in [6.07, 6.45) is -0.428. The van der Waals surface area contributed by atoms with Gasteiger partial charge in [-0.2, -0.15) is 0 Å². The number of anilines is 2. The van der Waals surface area contributed by atoms with E-state index in [4.69, 9.17) is 10.5 Å². The van der Waals surface area contributed by atoms with Crippen LogP contribution in [0.15, 0.2) is 66.7 Å². The molecule has 5 rings (SSSR count). The number of hydrogen-bond donors (Lipinski definition) is 1. The van der Waals surface area contributed by atoms with Crippen molar-refractivity contribution in [2.45, 2.75) is 12.5 Å². The van der Waals surface area contributed by atoms with Gasteiger partial charge in [-0.1, -0.05) is 42.5 Å². The fraction of sp³-hybridized carbons (Fsp3) is 0.167. The van der Waals surface area contributed by atoms with Gasteiger partial charge in [-0.25, -0.2) is 4.98 Å². The van der Waals surface area contributed by atoms with Crippen molar-refractivity contribution in [1.82, 2.24) is 9.88 Å². The monoisotopic (exact) mass is 428 g/mol. The average molecular weight is 428 g/mol. The van der Waals surface area contributed by atoms with Crippen LogP contribution in [0.2, 0.25) is 0 Å². The first-order valence-electron chi connectivity index (χ1n) is 10.3. The van der Waals surface area contributed by atoms with Crippen LogP contribution in [0, 0.1) is 0 Å². The van der Waals surface area contributed by atoms with Crippen LogP contribution in [-0.4, -0.2) is 40.7 Å². The van der Waals surface area contributed by atoms with Crippen molar-refractivity contribution in [2.75, 3.05) is 23.7 Å². The Balaban J connectivity index is 1.37. The summed E-state index contributed by atoms with van der Waals surface area (Å²) < 4.78 is 5.94. The molecular formula is C24H20N4O4. The van der Waals surface area contributed by atoms with Crippen LogP contribution in [-0.2, 0) is 4.79 Å². The molecule has 0 bridgehead atoms. The zero-order chi connectivity index (χ0) is 22.2. The van der Waals surface area contributed by atoms with Gasteiger partial charge in [-0.05, 0) is 30.7 Å². The van der Waals surface area contributed by atoms with Gasteiger partial charge in [0.15, 0.2) is 11.6 Å². The molecule has 1 unspecified atom stereocenters. The minimum absolute atomic E-state index is 0.185. The molecule has 8 nitrogen and oxygen atoms in total. The number of rotatable bonds is 5. The Morgan fingerprint density at radius 2 is 1.44 bits per heavy atom. The Morgan fingerprint density at radius 3 is 2.12 bits per heavy atom. The van der Waals surface area contributed by atoms with Gasteiger partial charge >= 0.3 is 0 Å². The highest BCUT2D eigenvalue weighted by atomic mass is 16.5. The van der Waals surface area contributed by atoms with E-state index >= 15 is 0 Å². The fourth-order valence-corrected chi connectivity index (χ4v) is 4.04. The second kappa shape index (κ2) is 7.81. The zero-order valence-electron chi connectivity index (χ0n) is 17.1. The lowest BCUT2D eigenvalue weighted by molar-refractivity contribution is -0.126. The molecule has 0 radical (unpaired) electrons. The summed E-state index contributed by atoms with van der Waals surface area (Å²) >= 11 is 0. The molecule has 0 spiro atoms. The molecule has 0 fully saturated rings. The Bertz CT molecular complexity index is 1190. The maximum Gasteiger partial charge on any atom is 0.274 e. The van der Waals surface area contributed by atoms with E-state index in [1.165, 1.54) is 9.80 Å². The largest absolute Gasteiger partial charge is 0.472 e. The zero-order valence-corrected chi connectivity index (χ0v) is 17.1. The van der Waals surface area contributed by atoms with E-state index in [2.05, 4.69) is 4.98 Å². The van der Waals surface area contributed by atoms with Crippen molar-refractivity contribution in [3.8, 4) is 5.75 Å². The van der Waals surface area contributed by atoms with E-state index in [0.717, 1.165) is 5.56 Å². The molecular weight excluding hydrogens is 408 g/mol. The lowest BCUT2D eigenvalue weighted by Gasteiger charge is -2.34. The van der Waals surface area contributed by atoms with Crippen LogP contribution >= 0.6 is 0 Å². The highest BCUT2D eigenvalue weighted by molar-refractivity contribution is 6.21. The van der Waals surface area contributed by atoms with Crippen molar-refractivity contribution in [3.63, 3.8) is 0 Å². The molecule has 0 aliphatic carbocycles. The number of nitrogen functional groups attached to an aromatic ring is 1. The summed E-state index contributed by atoms with van der Waals surface area (Å²) in [6.45, 7) is 0.438. The van der Waals surface area contributed by atoms with E-state index in [1.807, 2.05) is 30.3 Å². The molecule has 8 heteroatoms. The van der Waals surface area contributed by atoms with E-state index < -0.39 is 6.10 Å². The molecule has 1 aromatic heterocycles. The molecule has 3 heterocycles. The average Bonchev–Trinajstić information content (AvgIpc) is 3.06. The molecule has 2 N–H and O–H groups in total. The number of benzene rings is 2. The second-order valence-corrected chi connectivity index (χ2v) is 7.62. The molecule has 3 amide bonds. The number of carbonyl (C=O) groups is 3. The van der Waals surface area contributed by atoms with Gasteiger partial charge < -0.3 is 10.5 Å². The lowest BCUT2D eigenvalue weighted by atomic mass is 10.1. The number of pyridine rings is 1. The number of nitrogens with two attached hydrogens (primary N) is 1. The third-order valence-electron chi connectivity index (χ3n) is 5.60. The quantitative estimate of drug-likeness (QED) is 0.627. The summed E-state index contributed by atoms with van der Waals surface area (Å²) in [5.41, 5.74) is 7.39. The summed E-state index contributed by atoms with van der Waals surface area (Å²) in [6, 6.07) is 19.3. The Hall–Kier alpha value is -4.20. The number of ether oxygens (including phenoxy) is 1. The second-order valence-electron chi connectivity index (χ2n) is 7.62. The number of nitrogens with zero attached hydrogens (tertiary/aromatic N) is 3. The third-order valence-corrected chi connectivity index (χ3v) is 5.60. The van der Waals surface area contributed by atoms with Crippen molar-refractivity contribution in [2.24, 2.45) is 0 Å². The Kier molecular flexibility index (Phi) is 4.82. The normalized spacial score (nSPS) is 17.2. The number of amides is 3. The van der Waals surface area contributed by atoms with E-state index in [-0.39, 0.29) is 36.6 Å². The smallest absolute Gasteiger partial charge is 0.274 e. The van der Waals surface area contributed by atoms with Gasteiger partial charge in [0.2, 0.25) is 6.10 Å². The highest BCUT2D eigenvalue weighted by Crippen LogP contribution is 2.38. The molecule has 0 saturated heterocycles. The Labute approximate surface area is 184 Å². The van der Waals surface area contributed by atoms with Crippen LogP contribution in [0.5, 0.6) is 5.75 Å². The minimum Gasteiger partial charge on any atom is -0.472 e. The standard InChI is InChI=1S/C24H20N4O4/c25-19-12-11-18-21(26-19)27(24(31)20(32-18)15-7-2-1-3-8-15)13-6-14-28-22(29)16-9-4-5-10-17(16)23(28)30/h1-5,7-12,20H,6,13-14H2,(H2,25,26). The van der Waals surface area contributed by atoms with Crippen LogP contribution in [0.1, 0.15) is 38.8 Å². The summed E-state index contributed by atoms with van der Waals surface area (Å²) in [5, 5.41) is 0. The van der Waals surface area contributed by atoms with Crippen LogP contribution in [0.4, 0.5) is 11.6 Å². The first-order valence-corrected chi connectivity index (χ1v) is 10.3. The van der Waals surface area contributed by atoms with Crippen molar-refractivity contribution in [3.05, 3.63) is 83.4 Å². The molecule has 3 aromatic rings. The maximum atomic E-state index is 13.3. The number of carbonyl (C=O) groups excluding carboxylic acids is 3. The lowest BCUT2D eigenvalue weighted by Crippen LogP contribution is -2.43. The Morgan fingerprint density at radius 1 is 0.812 bits per heavy atom.